The minimum absolute atomic E-state index is 0.0221. The molecule has 18 heavy (non-hydrogen) atoms. The molecule has 0 aliphatic heterocycles. The van der Waals surface area contributed by atoms with Gasteiger partial charge in [0.1, 0.15) is 18.1 Å². The molecular weight excluding hydrogens is 228 g/mol. The molecule has 2 aromatic rings. The number of hydrogen-bond donors (Lipinski definition) is 1. The number of ether oxygens (including phenoxy) is 2. The third kappa shape index (κ3) is 2.81. The van der Waals surface area contributed by atoms with Crippen molar-refractivity contribution in [2.45, 2.75) is 0 Å². The Morgan fingerprint density at radius 2 is 1.72 bits per heavy atom. The highest BCUT2D eigenvalue weighted by Crippen LogP contribution is 2.30. The molecule has 0 saturated carbocycles. The highest BCUT2D eigenvalue weighted by atomic mass is 16.5. The number of aliphatic hydroxyl groups is 1. The zero-order valence-electron chi connectivity index (χ0n) is 10.3. The number of rotatable bonds is 5. The maximum absolute atomic E-state index is 8.69. The summed E-state index contributed by atoms with van der Waals surface area (Å²) in [5, 5.41) is 8.69. The third-order valence-corrected chi connectivity index (χ3v) is 2.63. The SMILES string of the molecule is COc1ccccc1-c1ccc(OCCO)cc1. The van der Waals surface area contributed by atoms with Crippen molar-refractivity contribution in [2.75, 3.05) is 20.3 Å². The number of para-hydroxylation sites is 1. The van der Waals surface area contributed by atoms with Crippen LogP contribution in [0.25, 0.3) is 11.1 Å². The first-order valence-electron chi connectivity index (χ1n) is 5.82. The van der Waals surface area contributed by atoms with Gasteiger partial charge in [0.15, 0.2) is 0 Å². The number of methoxy groups -OCH3 is 1. The van der Waals surface area contributed by atoms with Crippen LogP contribution in [0, 0.1) is 0 Å². The molecule has 1 N–H and O–H groups in total. The van der Waals surface area contributed by atoms with Crippen molar-refractivity contribution in [3.8, 4) is 22.6 Å². The fourth-order valence-electron chi connectivity index (χ4n) is 1.78. The van der Waals surface area contributed by atoms with E-state index in [2.05, 4.69) is 0 Å². The molecule has 0 unspecified atom stereocenters. The van der Waals surface area contributed by atoms with Gasteiger partial charge < -0.3 is 14.6 Å². The number of benzene rings is 2. The number of hydrogen-bond acceptors (Lipinski definition) is 3. The molecule has 0 aliphatic rings. The summed E-state index contributed by atoms with van der Waals surface area (Å²) < 4.78 is 10.7. The molecule has 0 aliphatic carbocycles. The van der Waals surface area contributed by atoms with E-state index in [0.29, 0.717) is 6.61 Å². The van der Waals surface area contributed by atoms with E-state index in [1.165, 1.54) is 0 Å². The van der Waals surface area contributed by atoms with Crippen molar-refractivity contribution in [1.82, 2.24) is 0 Å². The Labute approximate surface area is 107 Å². The van der Waals surface area contributed by atoms with E-state index in [9.17, 15) is 0 Å². The Bertz CT molecular complexity index is 491. The largest absolute Gasteiger partial charge is 0.496 e. The molecule has 3 heteroatoms. The van der Waals surface area contributed by atoms with E-state index < -0.39 is 0 Å². The Kier molecular flexibility index (Phi) is 4.20. The molecule has 0 bridgehead atoms. The van der Waals surface area contributed by atoms with Crippen LogP contribution in [-0.2, 0) is 0 Å². The first-order chi connectivity index (χ1) is 8.85. The van der Waals surface area contributed by atoms with E-state index >= 15 is 0 Å². The smallest absolute Gasteiger partial charge is 0.126 e. The third-order valence-electron chi connectivity index (χ3n) is 2.63. The Balaban J connectivity index is 2.23. The van der Waals surface area contributed by atoms with Crippen LogP contribution in [0.2, 0.25) is 0 Å². The summed E-state index contributed by atoms with van der Waals surface area (Å²) in [5.74, 6) is 1.60. The zero-order chi connectivity index (χ0) is 12.8. The first kappa shape index (κ1) is 12.5. The van der Waals surface area contributed by atoms with Crippen LogP contribution in [0.5, 0.6) is 11.5 Å². The summed E-state index contributed by atoms with van der Waals surface area (Å²) in [7, 11) is 1.66. The van der Waals surface area contributed by atoms with E-state index in [0.717, 1.165) is 22.6 Å². The maximum Gasteiger partial charge on any atom is 0.126 e. The standard InChI is InChI=1S/C15H16O3/c1-17-15-5-3-2-4-14(15)12-6-8-13(9-7-12)18-11-10-16/h2-9,16H,10-11H2,1H3. The topological polar surface area (TPSA) is 38.7 Å². The molecule has 0 saturated heterocycles. The van der Waals surface area contributed by atoms with Crippen LogP contribution >= 0.6 is 0 Å². The lowest BCUT2D eigenvalue weighted by Gasteiger charge is -2.09. The predicted molar refractivity (Wildman–Crippen MR) is 71.0 cm³/mol. The van der Waals surface area contributed by atoms with Crippen LogP contribution in [0.4, 0.5) is 0 Å². The fourth-order valence-corrected chi connectivity index (χ4v) is 1.78. The lowest BCUT2D eigenvalue weighted by atomic mass is 10.0. The molecule has 94 valence electrons. The molecule has 0 atom stereocenters. The van der Waals surface area contributed by atoms with E-state index in [4.69, 9.17) is 14.6 Å². The van der Waals surface area contributed by atoms with Gasteiger partial charge in [-0.2, -0.15) is 0 Å². The van der Waals surface area contributed by atoms with Gasteiger partial charge in [-0.15, -0.1) is 0 Å². The molecule has 0 amide bonds. The van der Waals surface area contributed by atoms with Gasteiger partial charge in [0.2, 0.25) is 0 Å². The van der Waals surface area contributed by atoms with Crippen molar-refractivity contribution >= 4 is 0 Å². The average molecular weight is 244 g/mol. The average Bonchev–Trinajstić information content (AvgIpc) is 2.45. The van der Waals surface area contributed by atoms with Gasteiger partial charge in [0, 0.05) is 5.56 Å². The van der Waals surface area contributed by atoms with Crippen LogP contribution in [-0.4, -0.2) is 25.4 Å². The quantitative estimate of drug-likeness (QED) is 0.879. The summed E-state index contributed by atoms with van der Waals surface area (Å²) in [6, 6.07) is 15.6. The second-order valence-electron chi connectivity index (χ2n) is 3.80. The van der Waals surface area contributed by atoms with E-state index in [1.807, 2.05) is 48.5 Å². The lowest BCUT2D eigenvalue weighted by molar-refractivity contribution is 0.201. The minimum Gasteiger partial charge on any atom is -0.496 e. The summed E-state index contributed by atoms with van der Waals surface area (Å²) in [4.78, 5) is 0. The van der Waals surface area contributed by atoms with Gasteiger partial charge >= 0.3 is 0 Å². The Morgan fingerprint density at radius 1 is 1.00 bits per heavy atom. The van der Waals surface area contributed by atoms with Crippen LogP contribution in [0.15, 0.2) is 48.5 Å². The van der Waals surface area contributed by atoms with Gasteiger partial charge in [-0.05, 0) is 23.8 Å². The molecule has 0 fully saturated rings. The minimum atomic E-state index is 0.0221. The fraction of sp³-hybridized carbons (Fsp3) is 0.200. The van der Waals surface area contributed by atoms with Gasteiger partial charge in [-0.3, -0.25) is 0 Å². The van der Waals surface area contributed by atoms with Crippen molar-refractivity contribution in [2.24, 2.45) is 0 Å². The van der Waals surface area contributed by atoms with Gasteiger partial charge in [-0.1, -0.05) is 30.3 Å². The van der Waals surface area contributed by atoms with Gasteiger partial charge in [0.05, 0.1) is 13.7 Å². The monoisotopic (exact) mass is 244 g/mol. The van der Waals surface area contributed by atoms with Gasteiger partial charge in [0.25, 0.3) is 0 Å². The van der Waals surface area contributed by atoms with E-state index in [1.54, 1.807) is 7.11 Å². The van der Waals surface area contributed by atoms with Crippen LogP contribution in [0.3, 0.4) is 0 Å². The molecule has 0 spiro atoms. The molecule has 3 nitrogen and oxygen atoms in total. The Hall–Kier alpha value is -2.00. The molecule has 0 aromatic heterocycles. The second-order valence-corrected chi connectivity index (χ2v) is 3.80. The summed E-state index contributed by atoms with van der Waals surface area (Å²) in [6.45, 7) is 0.336. The highest BCUT2D eigenvalue weighted by Gasteiger charge is 2.04. The summed E-state index contributed by atoms with van der Waals surface area (Å²) in [5.41, 5.74) is 2.12. The highest BCUT2D eigenvalue weighted by molar-refractivity contribution is 5.70. The predicted octanol–water partition coefficient (Wildman–Crippen LogP) is 2.73. The maximum atomic E-state index is 8.69. The van der Waals surface area contributed by atoms with Crippen LogP contribution < -0.4 is 9.47 Å². The second kappa shape index (κ2) is 6.07. The molecular formula is C15H16O3. The van der Waals surface area contributed by atoms with Crippen molar-refractivity contribution in [3.63, 3.8) is 0 Å². The van der Waals surface area contributed by atoms with Crippen molar-refractivity contribution < 1.29 is 14.6 Å². The zero-order valence-corrected chi connectivity index (χ0v) is 10.3. The summed E-state index contributed by atoms with van der Waals surface area (Å²) in [6.07, 6.45) is 0. The molecule has 0 heterocycles. The summed E-state index contributed by atoms with van der Waals surface area (Å²) >= 11 is 0. The van der Waals surface area contributed by atoms with Crippen LogP contribution in [0.1, 0.15) is 0 Å². The Morgan fingerprint density at radius 3 is 2.39 bits per heavy atom. The molecule has 2 aromatic carbocycles. The number of aliphatic hydroxyl groups excluding tert-OH is 1. The van der Waals surface area contributed by atoms with Crippen molar-refractivity contribution in [3.05, 3.63) is 48.5 Å². The molecule has 2 rings (SSSR count). The van der Waals surface area contributed by atoms with Gasteiger partial charge in [-0.25, -0.2) is 0 Å². The normalized spacial score (nSPS) is 10.1. The van der Waals surface area contributed by atoms with E-state index in [-0.39, 0.29) is 6.61 Å². The lowest BCUT2D eigenvalue weighted by Crippen LogP contribution is -2.01. The first-order valence-corrected chi connectivity index (χ1v) is 5.82. The molecule has 0 radical (unpaired) electrons. The van der Waals surface area contributed by atoms with Crippen molar-refractivity contribution in [1.29, 1.82) is 0 Å².